The lowest BCUT2D eigenvalue weighted by molar-refractivity contribution is -0.141. The number of carboxylic acids is 1. The minimum atomic E-state index is -3.05. The monoisotopic (exact) mass is 304 g/mol. The molecule has 8 heteroatoms. The summed E-state index contributed by atoms with van der Waals surface area (Å²) in [7, 11) is -3.05. The van der Waals surface area contributed by atoms with Gasteiger partial charge in [0.05, 0.1) is 17.4 Å². The summed E-state index contributed by atoms with van der Waals surface area (Å²) in [5, 5.41) is 11.7. The van der Waals surface area contributed by atoms with E-state index in [4.69, 9.17) is 5.11 Å². The van der Waals surface area contributed by atoms with Gasteiger partial charge in [-0.3, -0.25) is 4.79 Å². The van der Waals surface area contributed by atoms with Crippen LogP contribution in [-0.4, -0.2) is 60.6 Å². The zero-order chi connectivity index (χ0) is 14.9. The van der Waals surface area contributed by atoms with Crippen molar-refractivity contribution in [1.29, 1.82) is 0 Å². The molecule has 1 unspecified atom stereocenters. The lowest BCUT2D eigenvalue weighted by atomic mass is 10.1. The molecule has 1 saturated carbocycles. The largest absolute Gasteiger partial charge is 0.481 e. The van der Waals surface area contributed by atoms with Gasteiger partial charge in [0.1, 0.15) is 0 Å². The maximum absolute atomic E-state index is 12.1. The molecule has 2 N–H and O–H groups in total. The first-order chi connectivity index (χ1) is 9.28. The van der Waals surface area contributed by atoms with Gasteiger partial charge < -0.3 is 15.3 Å². The van der Waals surface area contributed by atoms with Crippen molar-refractivity contribution in [3.05, 3.63) is 0 Å². The number of amides is 2. The van der Waals surface area contributed by atoms with Crippen LogP contribution in [0, 0.1) is 5.92 Å². The number of sulfone groups is 1. The number of hydrogen-bond donors (Lipinski definition) is 2. The highest BCUT2D eigenvalue weighted by Crippen LogP contribution is 2.26. The number of carboxylic acid groups (broad SMARTS) is 1. The van der Waals surface area contributed by atoms with E-state index in [1.807, 2.05) is 0 Å². The predicted octanol–water partition coefficient (Wildman–Crippen LogP) is 0.0682. The zero-order valence-electron chi connectivity index (χ0n) is 11.4. The molecule has 2 fully saturated rings. The van der Waals surface area contributed by atoms with Crippen LogP contribution in [0.1, 0.15) is 26.2 Å². The van der Waals surface area contributed by atoms with Crippen molar-refractivity contribution in [3.63, 3.8) is 0 Å². The Morgan fingerprint density at radius 3 is 2.55 bits per heavy atom. The molecule has 1 aliphatic carbocycles. The molecule has 3 atom stereocenters. The standard InChI is InChI=1S/C12H20N2O5S/c1-8-7-20(18,19)5-4-14(8)12(17)13-10-3-2-9(6-10)11(15)16/h8-10H,2-7H2,1H3,(H,13,17)(H,15,16)/t8?,9-,10+/m1/s1. The fraction of sp³-hybridized carbons (Fsp3) is 0.833. The summed E-state index contributed by atoms with van der Waals surface area (Å²) < 4.78 is 22.9. The van der Waals surface area contributed by atoms with E-state index in [-0.39, 0.29) is 42.1 Å². The number of nitrogens with one attached hydrogen (secondary N) is 1. The molecule has 7 nitrogen and oxygen atoms in total. The maximum atomic E-state index is 12.1. The van der Waals surface area contributed by atoms with Crippen LogP contribution < -0.4 is 5.32 Å². The lowest BCUT2D eigenvalue weighted by Crippen LogP contribution is -2.54. The Hall–Kier alpha value is -1.31. The fourth-order valence-electron chi connectivity index (χ4n) is 2.89. The Bertz CT molecular complexity index is 504. The molecule has 2 rings (SSSR count). The highest BCUT2D eigenvalue weighted by Gasteiger charge is 2.35. The molecule has 0 spiro atoms. The van der Waals surface area contributed by atoms with Crippen molar-refractivity contribution in [2.45, 2.75) is 38.3 Å². The average molecular weight is 304 g/mol. The minimum absolute atomic E-state index is 0.00677. The average Bonchev–Trinajstić information content (AvgIpc) is 2.76. The van der Waals surface area contributed by atoms with Crippen LogP contribution in [0.2, 0.25) is 0 Å². The quantitative estimate of drug-likeness (QED) is 0.751. The molecule has 1 aliphatic heterocycles. The van der Waals surface area contributed by atoms with Gasteiger partial charge in [-0.15, -0.1) is 0 Å². The number of aliphatic carboxylic acids is 1. The van der Waals surface area contributed by atoms with Crippen LogP contribution in [0.4, 0.5) is 4.79 Å². The molecule has 0 bridgehead atoms. The van der Waals surface area contributed by atoms with Crippen molar-refractivity contribution >= 4 is 21.8 Å². The van der Waals surface area contributed by atoms with E-state index in [2.05, 4.69) is 5.32 Å². The number of hydrogen-bond acceptors (Lipinski definition) is 4. The number of carbonyl (C=O) groups is 2. The topological polar surface area (TPSA) is 104 Å². The number of carbonyl (C=O) groups excluding carboxylic acids is 1. The van der Waals surface area contributed by atoms with Crippen LogP contribution in [0.3, 0.4) is 0 Å². The molecule has 2 amide bonds. The molecular weight excluding hydrogens is 284 g/mol. The van der Waals surface area contributed by atoms with E-state index < -0.39 is 15.8 Å². The summed E-state index contributed by atoms with van der Waals surface area (Å²) >= 11 is 0. The Kier molecular flexibility index (Phi) is 4.22. The predicted molar refractivity (Wildman–Crippen MR) is 72.1 cm³/mol. The van der Waals surface area contributed by atoms with Gasteiger partial charge in [0.25, 0.3) is 0 Å². The van der Waals surface area contributed by atoms with E-state index in [0.29, 0.717) is 19.3 Å². The summed E-state index contributed by atoms with van der Waals surface area (Å²) in [5.41, 5.74) is 0. The molecule has 2 aliphatic rings. The highest BCUT2D eigenvalue weighted by atomic mass is 32.2. The Balaban J connectivity index is 1.88. The summed E-state index contributed by atoms with van der Waals surface area (Å²) in [4.78, 5) is 24.5. The van der Waals surface area contributed by atoms with Crippen LogP contribution in [0.5, 0.6) is 0 Å². The van der Waals surface area contributed by atoms with Crippen LogP contribution in [0.15, 0.2) is 0 Å². The van der Waals surface area contributed by atoms with E-state index in [1.54, 1.807) is 6.92 Å². The van der Waals surface area contributed by atoms with Gasteiger partial charge in [-0.25, -0.2) is 13.2 Å². The van der Waals surface area contributed by atoms with Crippen LogP contribution >= 0.6 is 0 Å². The Morgan fingerprint density at radius 1 is 1.30 bits per heavy atom. The van der Waals surface area contributed by atoms with Crippen molar-refractivity contribution < 1.29 is 23.1 Å². The first-order valence-electron chi connectivity index (χ1n) is 6.79. The number of nitrogens with zero attached hydrogens (tertiary/aromatic N) is 1. The second-order valence-electron chi connectivity index (χ2n) is 5.65. The Morgan fingerprint density at radius 2 is 2.00 bits per heavy atom. The van der Waals surface area contributed by atoms with Crippen LogP contribution in [0.25, 0.3) is 0 Å². The Labute approximate surface area is 118 Å². The molecule has 0 radical (unpaired) electrons. The third-order valence-electron chi connectivity index (χ3n) is 4.04. The van der Waals surface area contributed by atoms with Gasteiger partial charge in [-0.05, 0) is 26.2 Å². The summed E-state index contributed by atoms with van der Waals surface area (Å²) in [5.74, 6) is -1.23. The fourth-order valence-corrected chi connectivity index (χ4v) is 4.45. The van der Waals surface area contributed by atoms with Crippen molar-refractivity contribution in [2.75, 3.05) is 18.1 Å². The SMILES string of the molecule is CC1CS(=O)(=O)CCN1C(=O)N[C@H]1CC[C@@H](C(=O)O)C1. The molecule has 0 aromatic rings. The van der Waals surface area contributed by atoms with Crippen molar-refractivity contribution in [3.8, 4) is 0 Å². The smallest absolute Gasteiger partial charge is 0.317 e. The first-order valence-corrected chi connectivity index (χ1v) is 8.61. The lowest BCUT2D eigenvalue weighted by Gasteiger charge is -2.34. The molecule has 1 saturated heterocycles. The molecule has 114 valence electrons. The van der Waals surface area contributed by atoms with Crippen molar-refractivity contribution in [1.82, 2.24) is 10.2 Å². The normalized spacial score (nSPS) is 32.9. The zero-order valence-corrected chi connectivity index (χ0v) is 12.2. The summed E-state index contributed by atoms with van der Waals surface area (Å²) in [6, 6.07) is -0.761. The number of urea groups is 1. The van der Waals surface area contributed by atoms with Gasteiger partial charge in [-0.1, -0.05) is 0 Å². The second-order valence-corrected chi connectivity index (χ2v) is 7.88. The molecule has 0 aromatic carbocycles. The van der Waals surface area contributed by atoms with Gasteiger partial charge >= 0.3 is 12.0 Å². The van der Waals surface area contributed by atoms with Gasteiger partial charge in [0.2, 0.25) is 0 Å². The minimum Gasteiger partial charge on any atom is -0.481 e. The van der Waals surface area contributed by atoms with E-state index in [9.17, 15) is 18.0 Å². The van der Waals surface area contributed by atoms with Gasteiger partial charge in [-0.2, -0.15) is 0 Å². The number of rotatable bonds is 2. The van der Waals surface area contributed by atoms with Gasteiger partial charge in [0.15, 0.2) is 9.84 Å². The highest BCUT2D eigenvalue weighted by molar-refractivity contribution is 7.91. The second kappa shape index (κ2) is 5.59. The van der Waals surface area contributed by atoms with Crippen molar-refractivity contribution in [2.24, 2.45) is 5.92 Å². The molecule has 0 aromatic heterocycles. The summed E-state index contributed by atoms with van der Waals surface area (Å²) in [6.45, 7) is 1.91. The maximum Gasteiger partial charge on any atom is 0.317 e. The third kappa shape index (κ3) is 3.41. The van der Waals surface area contributed by atoms with Crippen LogP contribution in [-0.2, 0) is 14.6 Å². The van der Waals surface area contributed by atoms with E-state index in [1.165, 1.54) is 4.90 Å². The first kappa shape index (κ1) is 15.1. The molecule has 1 heterocycles. The molecule has 20 heavy (non-hydrogen) atoms. The van der Waals surface area contributed by atoms with Gasteiger partial charge in [0, 0.05) is 18.6 Å². The third-order valence-corrected chi connectivity index (χ3v) is 5.84. The molecular formula is C12H20N2O5S. The van der Waals surface area contributed by atoms with E-state index in [0.717, 1.165) is 0 Å². The summed E-state index contributed by atoms with van der Waals surface area (Å²) in [6.07, 6.45) is 1.68. The van der Waals surface area contributed by atoms with E-state index >= 15 is 0 Å².